The van der Waals surface area contributed by atoms with E-state index in [0.717, 1.165) is 12.1 Å². The molecule has 3 rings (SSSR count). The standard InChI is InChI=1S/C14H9ClF2N4O/c1-21-13(7-5-11(22)18-6-8(7)15)19-20-14(21)12-9(16)3-2-4-10(12)17/h2-6H,1H3,(H,18,22). The first-order chi connectivity index (χ1) is 10.5. The van der Waals surface area contributed by atoms with Gasteiger partial charge < -0.3 is 9.67 Å². The van der Waals surface area contributed by atoms with E-state index in [1.54, 1.807) is 7.05 Å². The average molecular weight is 323 g/mol. The van der Waals surface area contributed by atoms with E-state index in [2.05, 4.69) is 15.2 Å². The first-order valence-electron chi connectivity index (χ1n) is 6.17. The number of nitrogens with zero attached hydrogens (tertiary/aromatic N) is 4. The lowest BCUT2D eigenvalue weighted by Gasteiger charge is -2.07. The summed E-state index contributed by atoms with van der Waals surface area (Å²) in [6.07, 6.45) is 1.25. The molecule has 1 aromatic carbocycles. The SMILES string of the molecule is Cn1c(-c2cc(O)ncc2Cl)nnc1-c1c(F)cccc1F. The van der Waals surface area contributed by atoms with E-state index in [1.165, 1.54) is 22.9 Å². The summed E-state index contributed by atoms with van der Waals surface area (Å²) in [7, 11) is 1.55. The van der Waals surface area contributed by atoms with Crippen LogP contribution in [0.4, 0.5) is 8.78 Å². The van der Waals surface area contributed by atoms with E-state index >= 15 is 0 Å². The molecule has 0 atom stereocenters. The summed E-state index contributed by atoms with van der Waals surface area (Å²) in [4.78, 5) is 3.63. The molecular weight excluding hydrogens is 314 g/mol. The molecule has 0 spiro atoms. The van der Waals surface area contributed by atoms with Gasteiger partial charge in [-0.25, -0.2) is 13.8 Å². The Morgan fingerprint density at radius 2 is 1.77 bits per heavy atom. The Morgan fingerprint density at radius 1 is 1.14 bits per heavy atom. The van der Waals surface area contributed by atoms with Crippen molar-refractivity contribution >= 4 is 11.6 Å². The van der Waals surface area contributed by atoms with Crippen LogP contribution in [0.3, 0.4) is 0 Å². The van der Waals surface area contributed by atoms with E-state index in [0.29, 0.717) is 5.56 Å². The summed E-state index contributed by atoms with van der Waals surface area (Å²) < 4.78 is 29.1. The molecule has 5 nitrogen and oxygen atoms in total. The quantitative estimate of drug-likeness (QED) is 0.787. The lowest BCUT2D eigenvalue weighted by atomic mass is 10.2. The summed E-state index contributed by atoms with van der Waals surface area (Å²) in [5.41, 5.74) is 0.0744. The molecule has 0 aliphatic heterocycles. The van der Waals surface area contributed by atoms with Gasteiger partial charge in [-0.15, -0.1) is 10.2 Å². The van der Waals surface area contributed by atoms with Crippen molar-refractivity contribution in [2.45, 2.75) is 0 Å². The van der Waals surface area contributed by atoms with Crippen LogP contribution >= 0.6 is 11.6 Å². The van der Waals surface area contributed by atoms with Crippen molar-refractivity contribution < 1.29 is 13.9 Å². The van der Waals surface area contributed by atoms with Crippen LogP contribution in [-0.4, -0.2) is 24.9 Å². The first kappa shape index (κ1) is 14.4. The van der Waals surface area contributed by atoms with Crippen molar-refractivity contribution in [3.8, 4) is 28.7 Å². The lowest BCUT2D eigenvalue weighted by molar-refractivity contribution is 0.453. The second kappa shape index (κ2) is 5.34. The number of aromatic hydroxyl groups is 1. The third-order valence-corrected chi connectivity index (χ3v) is 3.44. The molecule has 2 heterocycles. The molecule has 0 unspecified atom stereocenters. The van der Waals surface area contributed by atoms with Crippen LogP contribution in [0.2, 0.25) is 5.02 Å². The van der Waals surface area contributed by atoms with Gasteiger partial charge in [-0.2, -0.15) is 0 Å². The van der Waals surface area contributed by atoms with Gasteiger partial charge in [0, 0.05) is 18.7 Å². The van der Waals surface area contributed by atoms with Gasteiger partial charge in [0.2, 0.25) is 5.88 Å². The van der Waals surface area contributed by atoms with Crippen LogP contribution in [-0.2, 0) is 7.05 Å². The van der Waals surface area contributed by atoms with Crippen LogP contribution in [0.5, 0.6) is 5.88 Å². The zero-order valence-corrected chi connectivity index (χ0v) is 12.0. The molecule has 1 N–H and O–H groups in total. The van der Waals surface area contributed by atoms with E-state index in [-0.39, 0.29) is 28.1 Å². The Balaban J connectivity index is 2.20. The van der Waals surface area contributed by atoms with Crippen molar-refractivity contribution in [1.82, 2.24) is 19.7 Å². The Bertz CT molecular complexity index is 846. The number of pyridine rings is 1. The lowest BCUT2D eigenvalue weighted by Crippen LogP contribution is -2.00. The number of hydrogen-bond acceptors (Lipinski definition) is 4. The van der Waals surface area contributed by atoms with Gasteiger partial charge in [-0.05, 0) is 12.1 Å². The van der Waals surface area contributed by atoms with Crippen molar-refractivity contribution in [2.75, 3.05) is 0 Å². The molecule has 0 aliphatic carbocycles. The van der Waals surface area contributed by atoms with Gasteiger partial charge in [0.25, 0.3) is 0 Å². The predicted molar refractivity (Wildman–Crippen MR) is 76.3 cm³/mol. The smallest absolute Gasteiger partial charge is 0.211 e. The van der Waals surface area contributed by atoms with Gasteiger partial charge in [0.1, 0.15) is 11.6 Å². The van der Waals surface area contributed by atoms with Crippen molar-refractivity contribution in [1.29, 1.82) is 0 Å². The van der Waals surface area contributed by atoms with Crippen LogP contribution in [0, 0.1) is 11.6 Å². The fourth-order valence-electron chi connectivity index (χ4n) is 2.09. The summed E-state index contributed by atoms with van der Waals surface area (Å²) in [5.74, 6) is -1.48. The predicted octanol–water partition coefficient (Wildman–Crippen LogP) is 3.18. The molecule has 2 aromatic heterocycles. The largest absolute Gasteiger partial charge is 0.493 e. The number of hydrogen-bond donors (Lipinski definition) is 1. The van der Waals surface area contributed by atoms with Gasteiger partial charge in [0.05, 0.1) is 16.8 Å². The Morgan fingerprint density at radius 3 is 2.45 bits per heavy atom. The van der Waals surface area contributed by atoms with Crippen molar-refractivity contribution in [3.05, 3.63) is 47.1 Å². The summed E-state index contributed by atoms with van der Waals surface area (Å²) in [6, 6.07) is 4.84. The molecule has 0 saturated heterocycles. The molecule has 0 aliphatic rings. The Labute approximate surface area is 128 Å². The molecule has 0 saturated carbocycles. The fraction of sp³-hybridized carbons (Fsp3) is 0.0714. The normalized spacial score (nSPS) is 10.9. The van der Waals surface area contributed by atoms with Crippen LogP contribution in [0.25, 0.3) is 22.8 Å². The zero-order valence-electron chi connectivity index (χ0n) is 11.3. The maximum Gasteiger partial charge on any atom is 0.211 e. The minimum atomic E-state index is -0.745. The highest BCUT2D eigenvalue weighted by molar-refractivity contribution is 6.33. The zero-order chi connectivity index (χ0) is 15.9. The monoisotopic (exact) mass is 322 g/mol. The van der Waals surface area contributed by atoms with Crippen LogP contribution in [0.1, 0.15) is 0 Å². The molecule has 0 amide bonds. The van der Waals surface area contributed by atoms with E-state index < -0.39 is 11.6 Å². The number of benzene rings is 1. The minimum absolute atomic E-state index is 0.0120. The highest BCUT2D eigenvalue weighted by Gasteiger charge is 2.20. The average Bonchev–Trinajstić information content (AvgIpc) is 2.83. The van der Waals surface area contributed by atoms with Crippen LogP contribution < -0.4 is 0 Å². The summed E-state index contributed by atoms with van der Waals surface area (Å²) in [5, 5.41) is 17.4. The van der Waals surface area contributed by atoms with E-state index in [1.807, 2.05) is 0 Å². The second-order valence-electron chi connectivity index (χ2n) is 4.53. The highest BCUT2D eigenvalue weighted by Crippen LogP contribution is 2.31. The first-order valence-corrected chi connectivity index (χ1v) is 6.55. The third-order valence-electron chi connectivity index (χ3n) is 3.14. The van der Waals surface area contributed by atoms with E-state index in [9.17, 15) is 13.9 Å². The molecule has 0 fully saturated rings. The maximum atomic E-state index is 13.9. The maximum absolute atomic E-state index is 13.9. The van der Waals surface area contributed by atoms with Gasteiger partial charge in [-0.3, -0.25) is 0 Å². The van der Waals surface area contributed by atoms with Gasteiger partial charge >= 0.3 is 0 Å². The molecule has 8 heteroatoms. The Hall–Kier alpha value is -2.54. The second-order valence-corrected chi connectivity index (χ2v) is 4.93. The number of rotatable bonds is 2. The Kier molecular flexibility index (Phi) is 3.50. The third kappa shape index (κ3) is 2.29. The van der Waals surface area contributed by atoms with Crippen LogP contribution in [0.15, 0.2) is 30.5 Å². The fourth-order valence-corrected chi connectivity index (χ4v) is 2.28. The van der Waals surface area contributed by atoms with Crippen molar-refractivity contribution in [2.24, 2.45) is 7.05 Å². The minimum Gasteiger partial charge on any atom is -0.493 e. The molecule has 3 aromatic rings. The molecule has 0 bridgehead atoms. The molecule has 22 heavy (non-hydrogen) atoms. The summed E-state index contributed by atoms with van der Waals surface area (Å²) >= 11 is 6.02. The van der Waals surface area contributed by atoms with Gasteiger partial charge in [0.15, 0.2) is 11.6 Å². The topological polar surface area (TPSA) is 63.8 Å². The number of aromatic nitrogens is 4. The highest BCUT2D eigenvalue weighted by atomic mass is 35.5. The van der Waals surface area contributed by atoms with E-state index in [4.69, 9.17) is 11.6 Å². The molecular formula is C14H9ClF2N4O. The molecule has 0 radical (unpaired) electrons. The van der Waals surface area contributed by atoms with Crippen molar-refractivity contribution in [3.63, 3.8) is 0 Å². The number of halogens is 3. The van der Waals surface area contributed by atoms with Gasteiger partial charge in [-0.1, -0.05) is 17.7 Å². The molecule has 112 valence electrons. The summed E-state index contributed by atoms with van der Waals surface area (Å²) in [6.45, 7) is 0.